The van der Waals surface area contributed by atoms with Crippen LogP contribution in [0.1, 0.15) is 32.1 Å². The molecule has 0 aromatic rings. The molecule has 1 atom stereocenters. The average Bonchev–Trinajstić information content (AvgIpc) is 2.97. The van der Waals surface area contributed by atoms with Crippen molar-refractivity contribution >= 4 is 5.97 Å². The molecule has 2 aliphatic rings. The van der Waals surface area contributed by atoms with Gasteiger partial charge < -0.3 is 15.0 Å². The molecule has 0 amide bonds. The predicted molar refractivity (Wildman–Crippen MR) is 62.3 cm³/mol. The van der Waals surface area contributed by atoms with Crippen LogP contribution in [0.2, 0.25) is 0 Å². The second kappa shape index (κ2) is 5.15. The molecule has 2 aliphatic heterocycles. The summed E-state index contributed by atoms with van der Waals surface area (Å²) in [6, 6.07) is 0. The number of carbonyl (C=O) groups excluding carboxylic acids is 1. The first kappa shape index (κ1) is 11.9. The monoisotopic (exact) mass is 226 g/mol. The summed E-state index contributed by atoms with van der Waals surface area (Å²) in [4.78, 5) is 14.3. The van der Waals surface area contributed by atoms with Gasteiger partial charge in [0.25, 0.3) is 0 Å². The van der Waals surface area contributed by atoms with E-state index in [0.29, 0.717) is 0 Å². The van der Waals surface area contributed by atoms with Gasteiger partial charge in [0.15, 0.2) is 0 Å². The number of nitrogens with one attached hydrogen (secondary N) is 1. The molecule has 2 fully saturated rings. The minimum absolute atomic E-state index is 0.0794. The summed E-state index contributed by atoms with van der Waals surface area (Å²) in [7, 11) is 1.49. The maximum atomic E-state index is 11.8. The van der Waals surface area contributed by atoms with Gasteiger partial charge in [-0.1, -0.05) is 0 Å². The van der Waals surface area contributed by atoms with E-state index in [0.717, 1.165) is 32.4 Å². The first-order valence-electron chi connectivity index (χ1n) is 6.33. The lowest BCUT2D eigenvalue weighted by atomic mass is 9.93. The second-order valence-corrected chi connectivity index (χ2v) is 4.90. The van der Waals surface area contributed by atoms with Crippen molar-refractivity contribution in [3.8, 4) is 0 Å². The van der Waals surface area contributed by atoms with E-state index in [-0.39, 0.29) is 5.97 Å². The quantitative estimate of drug-likeness (QED) is 0.719. The van der Waals surface area contributed by atoms with Crippen molar-refractivity contribution in [3.63, 3.8) is 0 Å². The number of hydrogen-bond acceptors (Lipinski definition) is 4. The lowest BCUT2D eigenvalue weighted by Crippen LogP contribution is -2.50. The highest BCUT2D eigenvalue weighted by Crippen LogP contribution is 2.25. The maximum absolute atomic E-state index is 11.8. The third-order valence-electron chi connectivity index (χ3n) is 3.87. The Kier molecular flexibility index (Phi) is 3.82. The number of likely N-dealkylation sites (tertiary alicyclic amines) is 1. The SMILES string of the molecule is COC(=O)C1(CCN2CCCC2)CCCN1. The van der Waals surface area contributed by atoms with Crippen LogP contribution >= 0.6 is 0 Å². The van der Waals surface area contributed by atoms with Crippen LogP contribution in [0.15, 0.2) is 0 Å². The standard InChI is InChI=1S/C12H22N2O2/c1-16-11(15)12(5-4-7-13-12)6-10-14-8-2-3-9-14/h13H,2-10H2,1H3. The molecule has 0 spiro atoms. The second-order valence-electron chi connectivity index (χ2n) is 4.90. The molecule has 4 heteroatoms. The molecule has 0 aromatic carbocycles. The molecule has 92 valence electrons. The third-order valence-corrected chi connectivity index (χ3v) is 3.87. The van der Waals surface area contributed by atoms with Crippen molar-refractivity contribution in [2.45, 2.75) is 37.6 Å². The van der Waals surface area contributed by atoms with Gasteiger partial charge in [0.05, 0.1) is 7.11 Å². The zero-order chi connectivity index (χ0) is 11.4. The van der Waals surface area contributed by atoms with Crippen LogP contribution in [0.4, 0.5) is 0 Å². The average molecular weight is 226 g/mol. The van der Waals surface area contributed by atoms with Gasteiger partial charge in [-0.3, -0.25) is 4.79 Å². The molecule has 0 saturated carbocycles. The summed E-state index contributed by atoms with van der Waals surface area (Å²) in [6.45, 7) is 4.34. The molecule has 0 aliphatic carbocycles. The molecule has 1 unspecified atom stereocenters. The summed E-state index contributed by atoms with van der Waals surface area (Å²) in [5, 5.41) is 3.34. The van der Waals surface area contributed by atoms with Crippen molar-refractivity contribution < 1.29 is 9.53 Å². The van der Waals surface area contributed by atoms with Gasteiger partial charge in [0, 0.05) is 6.54 Å². The molecule has 0 radical (unpaired) electrons. The molecule has 2 saturated heterocycles. The maximum Gasteiger partial charge on any atom is 0.326 e. The highest BCUT2D eigenvalue weighted by molar-refractivity contribution is 5.81. The highest BCUT2D eigenvalue weighted by atomic mass is 16.5. The predicted octanol–water partition coefficient (Wildman–Crippen LogP) is 0.767. The van der Waals surface area contributed by atoms with E-state index in [9.17, 15) is 4.79 Å². The Hall–Kier alpha value is -0.610. The van der Waals surface area contributed by atoms with Crippen molar-refractivity contribution in [1.82, 2.24) is 10.2 Å². The molecule has 0 bridgehead atoms. The Labute approximate surface area is 97.3 Å². The van der Waals surface area contributed by atoms with Crippen molar-refractivity contribution in [3.05, 3.63) is 0 Å². The number of esters is 1. The Balaban J connectivity index is 1.89. The van der Waals surface area contributed by atoms with E-state index < -0.39 is 5.54 Å². The fraction of sp³-hybridized carbons (Fsp3) is 0.917. The van der Waals surface area contributed by atoms with Gasteiger partial charge >= 0.3 is 5.97 Å². The summed E-state index contributed by atoms with van der Waals surface area (Å²) in [6.07, 6.45) is 5.50. The number of carbonyl (C=O) groups is 1. The zero-order valence-electron chi connectivity index (χ0n) is 10.1. The van der Waals surface area contributed by atoms with Gasteiger partial charge in [-0.05, 0) is 51.7 Å². The lowest BCUT2D eigenvalue weighted by Gasteiger charge is -2.28. The summed E-state index contributed by atoms with van der Waals surface area (Å²) in [5.41, 5.74) is -0.392. The van der Waals surface area contributed by atoms with Gasteiger partial charge in [-0.15, -0.1) is 0 Å². The molecule has 16 heavy (non-hydrogen) atoms. The fourth-order valence-corrected chi connectivity index (χ4v) is 2.85. The molecule has 0 aromatic heterocycles. The van der Waals surface area contributed by atoms with Crippen LogP contribution in [0, 0.1) is 0 Å². The number of hydrogen-bond donors (Lipinski definition) is 1. The Morgan fingerprint density at radius 1 is 1.38 bits per heavy atom. The summed E-state index contributed by atoms with van der Waals surface area (Å²) in [5.74, 6) is -0.0794. The van der Waals surface area contributed by atoms with Crippen LogP contribution < -0.4 is 5.32 Å². The van der Waals surface area contributed by atoms with E-state index in [1.807, 2.05) is 0 Å². The Bertz CT molecular complexity index is 243. The first-order valence-corrected chi connectivity index (χ1v) is 6.33. The molecule has 2 rings (SSSR count). The number of rotatable bonds is 4. The van der Waals surface area contributed by atoms with Gasteiger partial charge in [0.1, 0.15) is 5.54 Å². The summed E-state index contributed by atoms with van der Waals surface area (Å²) >= 11 is 0. The fourth-order valence-electron chi connectivity index (χ4n) is 2.85. The Morgan fingerprint density at radius 2 is 2.12 bits per heavy atom. The minimum atomic E-state index is -0.392. The molecule has 4 nitrogen and oxygen atoms in total. The van der Waals surface area contributed by atoms with Crippen molar-refractivity contribution in [1.29, 1.82) is 0 Å². The third kappa shape index (κ3) is 2.38. The van der Waals surface area contributed by atoms with Crippen LogP contribution in [0.3, 0.4) is 0 Å². The van der Waals surface area contributed by atoms with Crippen molar-refractivity contribution in [2.75, 3.05) is 33.3 Å². The largest absolute Gasteiger partial charge is 0.468 e. The normalized spacial score (nSPS) is 30.8. The molecular weight excluding hydrogens is 204 g/mol. The summed E-state index contributed by atoms with van der Waals surface area (Å²) < 4.78 is 4.93. The lowest BCUT2D eigenvalue weighted by molar-refractivity contribution is -0.148. The van der Waals surface area contributed by atoms with E-state index in [1.54, 1.807) is 0 Å². The van der Waals surface area contributed by atoms with E-state index in [1.165, 1.54) is 33.0 Å². The van der Waals surface area contributed by atoms with E-state index in [4.69, 9.17) is 4.74 Å². The zero-order valence-corrected chi connectivity index (χ0v) is 10.1. The van der Waals surface area contributed by atoms with Crippen LogP contribution in [-0.4, -0.2) is 49.7 Å². The van der Waals surface area contributed by atoms with Crippen LogP contribution in [0.25, 0.3) is 0 Å². The first-order chi connectivity index (χ1) is 7.77. The number of nitrogens with zero attached hydrogens (tertiary/aromatic N) is 1. The van der Waals surface area contributed by atoms with E-state index >= 15 is 0 Å². The van der Waals surface area contributed by atoms with Crippen LogP contribution in [-0.2, 0) is 9.53 Å². The van der Waals surface area contributed by atoms with Crippen LogP contribution in [0.5, 0.6) is 0 Å². The molecule has 1 N–H and O–H groups in total. The van der Waals surface area contributed by atoms with Gasteiger partial charge in [0.2, 0.25) is 0 Å². The highest BCUT2D eigenvalue weighted by Gasteiger charge is 2.41. The minimum Gasteiger partial charge on any atom is -0.468 e. The number of methoxy groups -OCH3 is 1. The molecule has 2 heterocycles. The van der Waals surface area contributed by atoms with Gasteiger partial charge in [-0.25, -0.2) is 0 Å². The smallest absolute Gasteiger partial charge is 0.326 e. The molecular formula is C12H22N2O2. The van der Waals surface area contributed by atoms with E-state index in [2.05, 4.69) is 10.2 Å². The van der Waals surface area contributed by atoms with Gasteiger partial charge in [-0.2, -0.15) is 0 Å². The number of ether oxygens (including phenoxy) is 1. The topological polar surface area (TPSA) is 41.6 Å². The van der Waals surface area contributed by atoms with Crippen molar-refractivity contribution in [2.24, 2.45) is 0 Å². The Morgan fingerprint density at radius 3 is 2.69 bits per heavy atom.